The molecule has 2 N–H and O–H groups in total. The Bertz CT molecular complexity index is 542. The zero-order valence-electron chi connectivity index (χ0n) is 12.2. The van der Waals surface area contributed by atoms with Gasteiger partial charge in [-0.2, -0.15) is 0 Å². The van der Waals surface area contributed by atoms with Gasteiger partial charge in [0.05, 0.1) is 5.69 Å². The van der Waals surface area contributed by atoms with Crippen molar-refractivity contribution in [3.8, 4) is 5.75 Å². The summed E-state index contributed by atoms with van der Waals surface area (Å²) < 4.78 is 5.84. The molecule has 2 heterocycles. The molecule has 0 saturated carbocycles. The van der Waals surface area contributed by atoms with E-state index in [1.165, 1.54) is 11.1 Å². The van der Waals surface area contributed by atoms with Crippen LogP contribution in [0.25, 0.3) is 0 Å². The first kappa shape index (κ1) is 13.4. The Morgan fingerprint density at radius 1 is 1.50 bits per heavy atom. The van der Waals surface area contributed by atoms with Crippen LogP contribution in [0, 0.1) is 0 Å². The van der Waals surface area contributed by atoms with E-state index >= 15 is 0 Å². The lowest BCUT2D eigenvalue weighted by atomic mass is 9.91. The average Bonchev–Trinajstić information content (AvgIpc) is 2.68. The number of rotatable bonds is 1. The highest BCUT2D eigenvalue weighted by Crippen LogP contribution is 2.43. The number of ether oxygens (including phenoxy) is 1. The molecule has 3 rings (SSSR count). The van der Waals surface area contributed by atoms with Crippen LogP contribution in [0.5, 0.6) is 5.75 Å². The Kier molecular flexibility index (Phi) is 3.42. The van der Waals surface area contributed by atoms with Gasteiger partial charge in [-0.25, -0.2) is 0 Å². The molecule has 0 saturated heterocycles. The summed E-state index contributed by atoms with van der Waals surface area (Å²) in [6.45, 7) is 5.13. The molecule has 108 valence electrons. The van der Waals surface area contributed by atoms with Crippen LogP contribution in [0.4, 0.5) is 5.69 Å². The summed E-state index contributed by atoms with van der Waals surface area (Å²) in [5, 5.41) is 0. The minimum absolute atomic E-state index is 0.108. The van der Waals surface area contributed by atoms with Crippen LogP contribution in [0.15, 0.2) is 12.1 Å². The molecule has 20 heavy (non-hydrogen) atoms. The Hall–Kier alpha value is -1.55. The second-order valence-corrected chi connectivity index (χ2v) is 5.86. The maximum atomic E-state index is 12.0. The molecular formula is C16H22N2O2. The van der Waals surface area contributed by atoms with E-state index in [1.54, 1.807) is 6.92 Å². The number of nitrogens with zero attached hydrogens (tertiary/aromatic N) is 1. The van der Waals surface area contributed by atoms with Gasteiger partial charge in [0.1, 0.15) is 11.9 Å². The molecule has 1 amide bonds. The molecule has 0 radical (unpaired) electrons. The summed E-state index contributed by atoms with van der Waals surface area (Å²) in [5.41, 5.74) is 9.43. The van der Waals surface area contributed by atoms with Crippen molar-refractivity contribution in [1.82, 2.24) is 0 Å². The number of fused-ring (bicyclic) bond motifs is 3. The van der Waals surface area contributed by atoms with E-state index in [9.17, 15) is 4.79 Å². The molecule has 2 aliphatic rings. The second-order valence-electron chi connectivity index (χ2n) is 5.86. The lowest BCUT2D eigenvalue weighted by molar-refractivity contribution is -0.116. The Morgan fingerprint density at radius 3 is 3.00 bits per heavy atom. The van der Waals surface area contributed by atoms with Crippen molar-refractivity contribution in [2.75, 3.05) is 18.0 Å². The normalized spacial score (nSPS) is 24.6. The van der Waals surface area contributed by atoms with Gasteiger partial charge in [-0.15, -0.1) is 0 Å². The second kappa shape index (κ2) is 5.09. The maximum Gasteiger partial charge on any atom is 0.223 e. The molecule has 0 aliphatic carbocycles. The first-order chi connectivity index (χ1) is 9.61. The van der Waals surface area contributed by atoms with Gasteiger partial charge in [-0.1, -0.05) is 6.07 Å². The van der Waals surface area contributed by atoms with Crippen molar-refractivity contribution in [2.24, 2.45) is 5.73 Å². The van der Waals surface area contributed by atoms with Gasteiger partial charge in [0.25, 0.3) is 0 Å². The van der Waals surface area contributed by atoms with Crippen molar-refractivity contribution in [1.29, 1.82) is 0 Å². The van der Waals surface area contributed by atoms with Gasteiger partial charge in [0.2, 0.25) is 5.91 Å². The van der Waals surface area contributed by atoms with Crippen molar-refractivity contribution < 1.29 is 9.53 Å². The number of carbonyl (C=O) groups excluding carboxylic acids is 1. The minimum Gasteiger partial charge on any atom is -0.490 e. The lowest BCUT2D eigenvalue weighted by Crippen LogP contribution is -2.30. The average molecular weight is 274 g/mol. The third kappa shape index (κ3) is 2.08. The fourth-order valence-electron chi connectivity index (χ4n) is 3.46. The summed E-state index contributed by atoms with van der Waals surface area (Å²) in [7, 11) is 0. The van der Waals surface area contributed by atoms with Crippen LogP contribution in [0.2, 0.25) is 0 Å². The molecule has 4 heteroatoms. The van der Waals surface area contributed by atoms with E-state index in [2.05, 4.69) is 13.0 Å². The molecule has 2 unspecified atom stereocenters. The molecule has 1 aromatic carbocycles. The predicted octanol–water partition coefficient (Wildman–Crippen LogP) is 2.20. The minimum atomic E-state index is 0.108. The van der Waals surface area contributed by atoms with Crippen LogP contribution in [-0.4, -0.2) is 25.1 Å². The molecule has 2 aliphatic heterocycles. The summed E-state index contributed by atoms with van der Waals surface area (Å²) in [6, 6.07) is 4.15. The van der Waals surface area contributed by atoms with E-state index in [1.807, 2.05) is 11.0 Å². The largest absolute Gasteiger partial charge is 0.490 e. The maximum absolute atomic E-state index is 12.0. The van der Waals surface area contributed by atoms with Crippen molar-refractivity contribution >= 4 is 11.6 Å². The van der Waals surface area contributed by atoms with Crippen LogP contribution < -0.4 is 15.4 Å². The molecule has 1 aromatic rings. The summed E-state index contributed by atoms with van der Waals surface area (Å²) in [5.74, 6) is 1.38. The summed E-state index contributed by atoms with van der Waals surface area (Å²) in [4.78, 5) is 14.0. The van der Waals surface area contributed by atoms with E-state index in [0.29, 0.717) is 12.5 Å². The van der Waals surface area contributed by atoms with Crippen molar-refractivity contribution in [2.45, 2.75) is 45.1 Å². The topological polar surface area (TPSA) is 55.6 Å². The first-order valence-corrected chi connectivity index (χ1v) is 7.42. The number of hydrogen-bond donors (Lipinski definition) is 1. The summed E-state index contributed by atoms with van der Waals surface area (Å²) in [6.07, 6.45) is 3.11. The quantitative estimate of drug-likeness (QED) is 0.854. The third-order valence-corrected chi connectivity index (χ3v) is 4.40. The van der Waals surface area contributed by atoms with E-state index < -0.39 is 0 Å². The van der Waals surface area contributed by atoms with Gasteiger partial charge < -0.3 is 15.4 Å². The molecule has 2 atom stereocenters. The third-order valence-electron chi connectivity index (χ3n) is 4.40. The van der Waals surface area contributed by atoms with Crippen LogP contribution in [0.3, 0.4) is 0 Å². The van der Waals surface area contributed by atoms with Crippen LogP contribution in [0.1, 0.15) is 43.7 Å². The predicted molar refractivity (Wildman–Crippen MR) is 79.3 cm³/mol. The van der Waals surface area contributed by atoms with Crippen molar-refractivity contribution in [3.05, 3.63) is 23.3 Å². The smallest absolute Gasteiger partial charge is 0.223 e. The highest BCUT2D eigenvalue weighted by Gasteiger charge is 2.32. The highest BCUT2D eigenvalue weighted by atomic mass is 16.5. The zero-order chi connectivity index (χ0) is 14.3. The van der Waals surface area contributed by atoms with Gasteiger partial charge in [-0.3, -0.25) is 4.79 Å². The number of amides is 1. The SMILES string of the molecule is CC(=O)N1CCCC(CN)c2ccc3c(c21)CC(C)O3. The van der Waals surface area contributed by atoms with E-state index in [0.717, 1.165) is 37.2 Å². The van der Waals surface area contributed by atoms with Gasteiger partial charge >= 0.3 is 0 Å². The van der Waals surface area contributed by atoms with Gasteiger partial charge in [0.15, 0.2) is 0 Å². The number of carbonyl (C=O) groups is 1. The molecule has 4 nitrogen and oxygen atoms in total. The molecule has 0 aromatic heterocycles. The number of hydrogen-bond acceptors (Lipinski definition) is 3. The number of anilines is 1. The van der Waals surface area contributed by atoms with Crippen LogP contribution in [-0.2, 0) is 11.2 Å². The Labute approximate surface area is 119 Å². The molecule has 0 bridgehead atoms. The molecule has 0 fully saturated rings. The fraction of sp³-hybridized carbons (Fsp3) is 0.562. The molecule has 0 spiro atoms. The fourth-order valence-corrected chi connectivity index (χ4v) is 3.46. The summed E-state index contributed by atoms with van der Waals surface area (Å²) >= 11 is 0. The van der Waals surface area contributed by atoms with Gasteiger partial charge in [-0.05, 0) is 43.9 Å². The Balaban J connectivity index is 2.17. The first-order valence-electron chi connectivity index (χ1n) is 7.42. The van der Waals surface area contributed by atoms with Gasteiger partial charge in [0, 0.05) is 25.5 Å². The van der Waals surface area contributed by atoms with E-state index in [-0.39, 0.29) is 12.0 Å². The molecular weight excluding hydrogens is 252 g/mol. The number of nitrogens with two attached hydrogens (primary N) is 1. The van der Waals surface area contributed by atoms with Crippen LogP contribution >= 0.6 is 0 Å². The standard InChI is InChI=1S/C16H22N2O2/c1-10-8-14-15(20-10)6-5-13-12(9-17)4-3-7-18(11(2)19)16(13)14/h5-6,10,12H,3-4,7-9,17H2,1-2H3. The van der Waals surface area contributed by atoms with Crippen molar-refractivity contribution in [3.63, 3.8) is 0 Å². The van der Waals surface area contributed by atoms with E-state index in [4.69, 9.17) is 10.5 Å². The lowest BCUT2D eigenvalue weighted by Gasteiger charge is -2.25. The number of benzene rings is 1. The Morgan fingerprint density at radius 2 is 2.30 bits per heavy atom. The highest BCUT2D eigenvalue weighted by molar-refractivity contribution is 5.94. The monoisotopic (exact) mass is 274 g/mol. The zero-order valence-corrected chi connectivity index (χ0v) is 12.2.